The highest BCUT2D eigenvalue weighted by Gasteiger charge is 2.40. The normalized spacial score (nSPS) is 25.0. The highest BCUT2D eigenvalue weighted by atomic mass is 79.9. The maximum Gasteiger partial charge on any atom is 0.0943 e. The fourth-order valence-electron chi connectivity index (χ4n) is 3.93. The summed E-state index contributed by atoms with van der Waals surface area (Å²) in [5.41, 5.74) is 1.54. The third-order valence-corrected chi connectivity index (χ3v) is 9.91. The maximum atomic E-state index is 2.44. The van der Waals surface area contributed by atoms with Crippen molar-refractivity contribution in [2.24, 2.45) is 5.92 Å². The van der Waals surface area contributed by atoms with Gasteiger partial charge in [-0.25, -0.2) is 0 Å². The van der Waals surface area contributed by atoms with Crippen LogP contribution in [0, 0.1) is 5.92 Å². The molecule has 0 unspecified atom stereocenters. The van der Waals surface area contributed by atoms with Crippen LogP contribution >= 0.6 is 7.26 Å². The lowest BCUT2D eigenvalue weighted by Gasteiger charge is -2.30. The summed E-state index contributed by atoms with van der Waals surface area (Å²) >= 11 is 0. The predicted molar refractivity (Wildman–Crippen MR) is 101 cm³/mol. The Balaban J connectivity index is 0.00000192. The summed E-state index contributed by atoms with van der Waals surface area (Å²) in [6.07, 6.45) is 9.85. The number of halogens is 1. The van der Waals surface area contributed by atoms with Crippen molar-refractivity contribution >= 4 is 12.6 Å². The number of hydrogen-bond donors (Lipinski definition) is 0. The Morgan fingerprint density at radius 1 is 0.826 bits per heavy atom. The fraction of sp³-hybridized carbons (Fsp3) is 0.429. The van der Waals surface area contributed by atoms with E-state index < -0.39 is 7.26 Å². The first-order chi connectivity index (χ1) is 10.8. The third-order valence-electron chi connectivity index (χ3n) is 5.20. The Hall–Kier alpha value is -0.650. The number of hydrogen-bond acceptors (Lipinski definition) is 0. The molecule has 2 heteroatoms. The molecule has 0 saturated carbocycles. The highest BCUT2D eigenvalue weighted by Crippen LogP contribution is 2.62. The van der Waals surface area contributed by atoms with Gasteiger partial charge in [0.15, 0.2) is 0 Å². The minimum absolute atomic E-state index is 0. The lowest BCUT2D eigenvalue weighted by molar-refractivity contribution is -0.00000467. The quantitative estimate of drug-likeness (QED) is 0.706. The van der Waals surface area contributed by atoms with Crippen LogP contribution < -0.4 is 22.3 Å². The SMILES string of the molecule is CC1CCC[P+](Cc2ccccc2)(c2ccccc2)CCC1.[Br-]. The molecule has 0 aliphatic carbocycles. The molecule has 0 nitrogen and oxygen atoms in total. The van der Waals surface area contributed by atoms with Crippen molar-refractivity contribution in [2.45, 2.75) is 38.8 Å². The summed E-state index contributed by atoms with van der Waals surface area (Å²) in [6, 6.07) is 22.6. The summed E-state index contributed by atoms with van der Waals surface area (Å²) in [6.45, 7) is 2.44. The van der Waals surface area contributed by atoms with E-state index in [4.69, 9.17) is 0 Å². The first-order valence-electron chi connectivity index (χ1n) is 8.74. The first kappa shape index (κ1) is 18.7. The third kappa shape index (κ3) is 4.91. The lowest BCUT2D eigenvalue weighted by atomic mass is 10.0. The van der Waals surface area contributed by atoms with Crippen molar-refractivity contribution in [3.63, 3.8) is 0 Å². The van der Waals surface area contributed by atoms with Crippen LogP contribution in [0.15, 0.2) is 60.7 Å². The standard InChI is InChI=1S/C21H28P.BrH/c1-19-10-8-16-22(17-9-11-19,21-14-6-3-7-15-21)18-20-12-4-2-5-13-20;/h2-7,12-15,19H,8-11,16-18H2,1H3;1H/q+1;/p-1. The van der Waals surface area contributed by atoms with Gasteiger partial charge in [0.1, 0.15) is 0 Å². The molecular formula is C21H28BrP. The zero-order valence-corrected chi connectivity index (χ0v) is 16.6. The van der Waals surface area contributed by atoms with E-state index in [2.05, 4.69) is 67.6 Å². The van der Waals surface area contributed by atoms with Crippen molar-refractivity contribution in [1.82, 2.24) is 0 Å². The van der Waals surface area contributed by atoms with E-state index in [1.807, 2.05) is 0 Å². The van der Waals surface area contributed by atoms with Crippen molar-refractivity contribution in [1.29, 1.82) is 0 Å². The average molecular weight is 391 g/mol. The average Bonchev–Trinajstić information content (AvgIpc) is 2.54. The molecule has 0 aromatic heterocycles. The fourth-order valence-corrected chi connectivity index (χ4v) is 8.45. The molecule has 0 amide bonds. The van der Waals surface area contributed by atoms with Gasteiger partial charge in [-0.05, 0) is 49.3 Å². The van der Waals surface area contributed by atoms with Gasteiger partial charge in [0.25, 0.3) is 0 Å². The van der Waals surface area contributed by atoms with Gasteiger partial charge in [-0.15, -0.1) is 0 Å². The summed E-state index contributed by atoms with van der Waals surface area (Å²) in [5, 5.41) is 1.66. The summed E-state index contributed by atoms with van der Waals surface area (Å²) in [7, 11) is -1.06. The van der Waals surface area contributed by atoms with Crippen molar-refractivity contribution in [2.75, 3.05) is 12.3 Å². The van der Waals surface area contributed by atoms with Gasteiger partial charge in [-0.1, -0.05) is 55.5 Å². The molecule has 0 atom stereocenters. The largest absolute Gasteiger partial charge is 1.00 e. The van der Waals surface area contributed by atoms with Crippen LogP contribution in [0.5, 0.6) is 0 Å². The minimum atomic E-state index is -1.06. The molecule has 0 spiro atoms. The zero-order chi connectivity index (χ0) is 15.3. The van der Waals surface area contributed by atoms with Crippen molar-refractivity contribution in [3.05, 3.63) is 66.2 Å². The zero-order valence-electron chi connectivity index (χ0n) is 14.1. The van der Waals surface area contributed by atoms with Gasteiger partial charge in [0.2, 0.25) is 0 Å². The van der Waals surface area contributed by atoms with E-state index in [9.17, 15) is 0 Å². The molecule has 124 valence electrons. The molecule has 1 heterocycles. The van der Waals surface area contributed by atoms with Gasteiger partial charge >= 0.3 is 0 Å². The first-order valence-corrected chi connectivity index (χ1v) is 11.1. The van der Waals surface area contributed by atoms with E-state index in [1.165, 1.54) is 49.7 Å². The Bertz CT molecular complexity index is 557. The van der Waals surface area contributed by atoms with E-state index >= 15 is 0 Å². The van der Waals surface area contributed by atoms with Gasteiger partial charge in [-0.3, -0.25) is 0 Å². The molecule has 0 radical (unpaired) electrons. The molecule has 1 saturated heterocycles. The predicted octanol–water partition coefficient (Wildman–Crippen LogP) is 2.74. The Morgan fingerprint density at radius 2 is 1.35 bits per heavy atom. The van der Waals surface area contributed by atoms with Crippen LogP contribution in [0.1, 0.15) is 38.2 Å². The Morgan fingerprint density at radius 3 is 1.91 bits per heavy atom. The van der Waals surface area contributed by atoms with Crippen LogP contribution in [-0.2, 0) is 6.16 Å². The molecule has 0 N–H and O–H groups in total. The second kappa shape index (κ2) is 9.00. The molecule has 23 heavy (non-hydrogen) atoms. The second-order valence-corrected chi connectivity index (χ2v) is 11.0. The van der Waals surface area contributed by atoms with Gasteiger partial charge in [0.05, 0.1) is 31.1 Å². The molecule has 1 aliphatic rings. The van der Waals surface area contributed by atoms with Crippen molar-refractivity contribution in [3.8, 4) is 0 Å². The second-order valence-electron chi connectivity index (χ2n) is 6.96. The molecule has 3 rings (SSSR count). The van der Waals surface area contributed by atoms with E-state index in [0.29, 0.717) is 0 Å². The molecule has 1 fully saturated rings. The van der Waals surface area contributed by atoms with E-state index in [0.717, 1.165) is 5.92 Å². The summed E-state index contributed by atoms with van der Waals surface area (Å²) in [5.74, 6) is 0.926. The summed E-state index contributed by atoms with van der Waals surface area (Å²) < 4.78 is 0. The van der Waals surface area contributed by atoms with Crippen LogP contribution in [0.3, 0.4) is 0 Å². The van der Waals surface area contributed by atoms with E-state index in [-0.39, 0.29) is 17.0 Å². The molecule has 2 aromatic rings. The molecule has 1 aliphatic heterocycles. The van der Waals surface area contributed by atoms with Crippen molar-refractivity contribution < 1.29 is 17.0 Å². The smallest absolute Gasteiger partial charge is 0.0943 e. The van der Waals surface area contributed by atoms with Crippen LogP contribution in [0.4, 0.5) is 0 Å². The number of benzene rings is 2. The van der Waals surface area contributed by atoms with Crippen LogP contribution in [0.25, 0.3) is 0 Å². The topological polar surface area (TPSA) is 0 Å². The Labute approximate surface area is 152 Å². The molecule has 2 aromatic carbocycles. The van der Waals surface area contributed by atoms with Crippen LogP contribution in [-0.4, -0.2) is 12.3 Å². The Kier molecular flexibility index (Phi) is 7.31. The van der Waals surface area contributed by atoms with Gasteiger partial charge in [-0.2, -0.15) is 0 Å². The van der Waals surface area contributed by atoms with E-state index in [1.54, 1.807) is 5.30 Å². The van der Waals surface area contributed by atoms with Crippen LogP contribution in [0.2, 0.25) is 0 Å². The number of rotatable bonds is 3. The molecular weight excluding hydrogens is 363 g/mol. The summed E-state index contributed by atoms with van der Waals surface area (Å²) in [4.78, 5) is 0. The van der Waals surface area contributed by atoms with Gasteiger partial charge in [0, 0.05) is 0 Å². The monoisotopic (exact) mass is 390 g/mol. The molecule has 0 bridgehead atoms. The highest BCUT2D eigenvalue weighted by molar-refractivity contribution is 7.82. The lowest BCUT2D eigenvalue weighted by Crippen LogP contribution is -3.00. The maximum absolute atomic E-state index is 2.44. The minimum Gasteiger partial charge on any atom is -1.00 e. The van der Waals surface area contributed by atoms with Gasteiger partial charge < -0.3 is 17.0 Å².